The Balaban J connectivity index is 1.73. The zero-order chi connectivity index (χ0) is 19.4. The van der Waals surface area contributed by atoms with Crippen molar-refractivity contribution < 1.29 is 9.84 Å². The highest BCUT2D eigenvalue weighted by Crippen LogP contribution is 2.42. The number of hydrogen-bond donors (Lipinski definition) is 3. The number of aromatic nitrogens is 3. The van der Waals surface area contributed by atoms with Crippen molar-refractivity contribution >= 4 is 11.8 Å². The van der Waals surface area contributed by atoms with E-state index < -0.39 is 0 Å². The molecule has 0 radical (unpaired) electrons. The summed E-state index contributed by atoms with van der Waals surface area (Å²) in [6.45, 7) is 6.87. The number of nitrogens with zero attached hydrogens (tertiary/aromatic N) is 4. The third-order valence-corrected chi connectivity index (χ3v) is 5.00. The van der Waals surface area contributed by atoms with Gasteiger partial charge in [-0.05, 0) is 19.4 Å². The fourth-order valence-electron chi connectivity index (χ4n) is 2.97. The average Bonchev–Trinajstić information content (AvgIpc) is 2.67. The Kier molecular flexibility index (Phi) is 5.42. The Hall–Kier alpha value is -2.92. The molecule has 0 bridgehead atoms. The zero-order valence-electron chi connectivity index (χ0n) is 15.7. The van der Waals surface area contributed by atoms with Gasteiger partial charge < -0.3 is 20.5 Å². The van der Waals surface area contributed by atoms with Crippen molar-refractivity contribution in [2.75, 3.05) is 17.2 Å². The summed E-state index contributed by atoms with van der Waals surface area (Å²) >= 11 is 0. The Morgan fingerprint density at radius 2 is 2.22 bits per heavy atom. The predicted molar refractivity (Wildman–Crippen MR) is 101 cm³/mol. The molecule has 0 spiro atoms. The maximum atomic E-state index is 9.92. The van der Waals surface area contributed by atoms with Crippen molar-refractivity contribution in [1.82, 2.24) is 15.0 Å². The highest BCUT2D eigenvalue weighted by atomic mass is 16.5. The van der Waals surface area contributed by atoms with Crippen LogP contribution in [0.5, 0.6) is 5.88 Å². The molecule has 142 valence electrons. The molecule has 2 atom stereocenters. The second kappa shape index (κ2) is 7.76. The van der Waals surface area contributed by atoms with Crippen LogP contribution in [-0.4, -0.2) is 38.8 Å². The summed E-state index contributed by atoms with van der Waals surface area (Å²) in [5.74, 6) is 1.45. The molecule has 0 saturated heterocycles. The van der Waals surface area contributed by atoms with Crippen molar-refractivity contribution in [3.05, 3.63) is 35.7 Å². The Morgan fingerprint density at radius 1 is 1.41 bits per heavy atom. The Morgan fingerprint density at radius 3 is 2.89 bits per heavy atom. The first-order chi connectivity index (χ1) is 13.0. The van der Waals surface area contributed by atoms with Gasteiger partial charge in [-0.3, -0.25) is 0 Å². The quantitative estimate of drug-likeness (QED) is 0.682. The molecule has 1 aliphatic rings. The van der Waals surface area contributed by atoms with Gasteiger partial charge in [0.05, 0.1) is 18.9 Å². The molecule has 1 aliphatic carbocycles. The normalized spacial score (nSPS) is 20.3. The van der Waals surface area contributed by atoms with E-state index in [-0.39, 0.29) is 17.6 Å². The molecule has 0 unspecified atom stereocenters. The van der Waals surface area contributed by atoms with E-state index in [0.717, 1.165) is 5.56 Å². The number of nitriles is 1. The summed E-state index contributed by atoms with van der Waals surface area (Å²) in [5, 5.41) is 25.7. The second-order valence-electron chi connectivity index (χ2n) is 7.09. The van der Waals surface area contributed by atoms with Gasteiger partial charge >= 0.3 is 0 Å². The van der Waals surface area contributed by atoms with Crippen LogP contribution in [-0.2, 0) is 6.54 Å². The third-order valence-electron chi connectivity index (χ3n) is 5.00. The summed E-state index contributed by atoms with van der Waals surface area (Å²) in [7, 11) is 0. The highest BCUT2D eigenvalue weighted by molar-refractivity contribution is 5.54. The highest BCUT2D eigenvalue weighted by Gasteiger charge is 2.47. The number of ether oxygens (including phenoxy) is 1. The molecule has 2 heterocycles. The van der Waals surface area contributed by atoms with Gasteiger partial charge in [-0.15, -0.1) is 0 Å². The van der Waals surface area contributed by atoms with Crippen molar-refractivity contribution in [1.29, 1.82) is 5.26 Å². The van der Waals surface area contributed by atoms with Crippen LogP contribution in [0.1, 0.15) is 38.3 Å². The smallest absolute Gasteiger partial charge is 0.224 e. The number of hydrogen-bond acceptors (Lipinski definition) is 8. The monoisotopic (exact) mass is 368 g/mol. The SMILES string of the molecule is CCOc1ncccc1CNc1ncc(C#N)c(N[C@@H]2C[C@H](O)C2(C)C)n1. The number of anilines is 2. The van der Waals surface area contributed by atoms with Crippen molar-refractivity contribution in [2.24, 2.45) is 5.41 Å². The summed E-state index contributed by atoms with van der Waals surface area (Å²) in [5.41, 5.74) is 0.993. The van der Waals surface area contributed by atoms with Crippen LogP contribution >= 0.6 is 0 Å². The minimum atomic E-state index is -0.359. The largest absolute Gasteiger partial charge is 0.478 e. The first-order valence-electron chi connectivity index (χ1n) is 8.98. The molecule has 1 saturated carbocycles. The van der Waals surface area contributed by atoms with E-state index in [4.69, 9.17) is 4.74 Å². The first kappa shape index (κ1) is 18.9. The molecule has 1 fully saturated rings. The molecule has 0 amide bonds. The fourth-order valence-corrected chi connectivity index (χ4v) is 2.97. The molecule has 8 heteroatoms. The standard InChI is InChI=1S/C19H24N6O2/c1-4-27-17-12(6-5-7-21-17)10-22-18-23-11-13(9-20)16(25-18)24-14-8-15(26)19(14,2)3/h5-7,11,14-15,26H,4,8,10H2,1-3H3,(H2,22,23,24,25)/t14-,15+/m1/s1. The molecule has 0 aromatic carbocycles. The third kappa shape index (κ3) is 3.93. The number of aliphatic hydroxyl groups is 1. The maximum absolute atomic E-state index is 9.92. The van der Waals surface area contributed by atoms with Crippen LogP contribution in [0.4, 0.5) is 11.8 Å². The number of nitrogens with one attached hydrogen (secondary N) is 2. The summed E-state index contributed by atoms with van der Waals surface area (Å²) in [4.78, 5) is 12.9. The maximum Gasteiger partial charge on any atom is 0.224 e. The molecule has 3 rings (SSSR count). The summed E-state index contributed by atoms with van der Waals surface area (Å²) in [6.07, 6.45) is 3.44. The van der Waals surface area contributed by atoms with Gasteiger partial charge in [-0.2, -0.15) is 10.2 Å². The predicted octanol–water partition coefficient (Wildman–Crippen LogP) is 2.33. The van der Waals surface area contributed by atoms with E-state index in [1.165, 1.54) is 6.20 Å². The van der Waals surface area contributed by atoms with Gasteiger partial charge in [0, 0.05) is 29.8 Å². The van der Waals surface area contributed by atoms with Crippen LogP contribution in [0.3, 0.4) is 0 Å². The van der Waals surface area contributed by atoms with E-state index in [9.17, 15) is 10.4 Å². The van der Waals surface area contributed by atoms with Crippen molar-refractivity contribution in [3.63, 3.8) is 0 Å². The molecule has 27 heavy (non-hydrogen) atoms. The van der Waals surface area contributed by atoms with Crippen LogP contribution in [0.15, 0.2) is 24.5 Å². The van der Waals surface area contributed by atoms with E-state index in [2.05, 4.69) is 31.7 Å². The number of aliphatic hydroxyl groups excluding tert-OH is 1. The zero-order valence-corrected chi connectivity index (χ0v) is 15.7. The lowest BCUT2D eigenvalue weighted by molar-refractivity contribution is -0.0511. The van der Waals surface area contributed by atoms with Crippen LogP contribution in [0.2, 0.25) is 0 Å². The van der Waals surface area contributed by atoms with Crippen molar-refractivity contribution in [2.45, 2.75) is 45.9 Å². The van der Waals surface area contributed by atoms with E-state index >= 15 is 0 Å². The van der Waals surface area contributed by atoms with Crippen molar-refractivity contribution in [3.8, 4) is 11.9 Å². The number of rotatable bonds is 7. The van der Waals surface area contributed by atoms with E-state index in [0.29, 0.717) is 42.8 Å². The summed E-state index contributed by atoms with van der Waals surface area (Å²) < 4.78 is 5.52. The van der Waals surface area contributed by atoms with Gasteiger partial charge in [0.25, 0.3) is 0 Å². The number of pyridine rings is 1. The molecule has 2 aromatic rings. The van der Waals surface area contributed by atoms with Crippen LogP contribution in [0, 0.1) is 16.7 Å². The lowest BCUT2D eigenvalue weighted by atomic mass is 9.64. The molecule has 0 aliphatic heterocycles. The molecule has 8 nitrogen and oxygen atoms in total. The average molecular weight is 368 g/mol. The van der Waals surface area contributed by atoms with E-state index in [1.807, 2.05) is 32.9 Å². The fraction of sp³-hybridized carbons (Fsp3) is 0.474. The summed E-state index contributed by atoms with van der Waals surface area (Å²) in [6, 6.07) is 5.92. The minimum absolute atomic E-state index is 0.0465. The minimum Gasteiger partial charge on any atom is -0.478 e. The van der Waals surface area contributed by atoms with Crippen LogP contribution < -0.4 is 15.4 Å². The topological polar surface area (TPSA) is 116 Å². The van der Waals surface area contributed by atoms with Crippen LogP contribution in [0.25, 0.3) is 0 Å². The Bertz CT molecular complexity index is 848. The lowest BCUT2D eigenvalue weighted by Crippen LogP contribution is -2.57. The second-order valence-corrected chi connectivity index (χ2v) is 7.09. The van der Waals surface area contributed by atoms with Gasteiger partial charge in [0.2, 0.25) is 11.8 Å². The Labute approximate surface area is 158 Å². The van der Waals surface area contributed by atoms with Gasteiger partial charge in [-0.25, -0.2) is 9.97 Å². The van der Waals surface area contributed by atoms with Gasteiger partial charge in [0.1, 0.15) is 17.5 Å². The van der Waals surface area contributed by atoms with Gasteiger partial charge in [0.15, 0.2) is 0 Å². The van der Waals surface area contributed by atoms with Gasteiger partial charge in [-0.1, -0.05) is 19.9 Å². The first-order valence-corrected chi connectivity index (χ1v) is 8.98. The molecular weight excluding hydrogens is 344 g/mol. The molecule has 2 aromatic heterocycles. The van der Waals surface area contributed by atoms with E-state index in [1.54, 1.807) is 6.20 Å². The molecule has 3 N–H and O–H groups in total. The molecular formula is C19H24N6O2. The lowest BCUT2D eigenvalue weighted by Gasteiger charge is -2.49.